The monoisotopic (exact) mass is 755 g/mol. The number of nitrogens with one attached hydrogen (secondary N) is 2. The van der Waals surface area contributed by atoms with Crippen molar-refractivity contribution >= 4 is 23.5 Å². The van der Waals surface area contributed by atoms with E-state index in [4.69, 9.17) is 4.74 Å². The Balaban J connectivity index is 1.14. The molecule has 288 valence electrons. The van der Waals surface area contributed by atoms with Crippen LogP contribution in [0.4, 0.5) is 19.0 Å². The van der Waals surface area contributed by atoms with Gasteiger partial charge in [-0.05, 0) is 55.3 Å². The average molecular weight is 756 g/mol. The van der Waals surface area contributed by atoms with Gasteiger partial charge in [0.25, 0.3) is 11.8 Å². The molecule has 0 saturated carbocycles. The number of hydrogen-bond donors (Lipinski definition) is 2. The van der Waals surface area contributed by atoms with Crippen molar-refractivity contribution in [2.75, 3.05) is 57.4 Å². The van der Waals surface area contributed by atoms with Gasteiger partial charge in [0.05, 0.1) is 36.7 Å². The Hall–Kier alpha value is -5.31. The maximum Gasteiger partial charge on any atom is 0.416 e. The first kappa shape index (κ1) is 38.0. The number of carbonyl (C=O) groups excluding carboxylic acids is 3. The fourth-order valence-corrected chi connectivity index (χ4v) is 7.53. The molecule has 3 amide bonds. The molecule has 2 atom stereocenters. The summed E-state index contributed by atoms with van der Waals surface area (Å²) >= 11 is 0. The summed E-state index contributed by atoms with van der Waals surface area (Å²) in [4.78, 5) is 47.8. The summed E-state index contributed by atoms with van der Waals surface area (Å²) in [7, 11) is 0. The van der Waals surface area contributed by atoms with Gasteiger partial charge in [0.1, 0.15) is 11.9 Å². The van der Waals surface area contributed by atoms with Crippen LogP contribution in [0.3, 0.4) is 0 Å². The number of nitrogens with zero attached hydrogens (tertiary/aromatic N) is 5. The van der Waals surface area contributed by atoms with Crippen molar-refractivity contribution in [2.45, 2.75) is 44.6 Å². The van der Waals surface area contributed by atoms with Gasteiger partial charge in [-0.3, -0.25) is 29.1 Å². The lowest BCUT2D eigenvalue weighted by atomic mass is 9.81. The van der Waals surface area contributed by atoms with Crippen molar-refractivity contribution in [3.63, 3.8) is 0 Å². The molecule has 2 N–H and O–H groups in total. The normalized spacial score (nSPS) is 19.8. The molecule has 0 bridgehead atoms. The topological polar surface area (TPSA) is 112 Å². The molecule has 3 aromatic carbocycles. The second-order valence-corrected chi connectivity index (χ2v) is 14.0. The minimum absolute atomic E-state index is 0.174. The molecule has 0 unspecified atom stereocenters. The molecular formula is C41H44F3N7O4. The van der Waals surface area contributed by atoms with Crippen molar-refractivity contribution in [3.05, 3.63) is 125 Å². The fraction of sp³-hybridized carbons (Fsp3) is 0.366. The first-order valence-corrected chi connectivity index (χ1v) is 18.5. The van der Waals surface area contributed by atoms with Gasteiger partial charge in [0.2, 0.25) is 5.91 Å². The summed E-state index contributed by atoms with van der Waals surface area (Å²) in [5, 5.41) is 10.5. The van der Waals surface area contributed by atoms with Crippen LogP contribution in [0.2, 0.25) is 0 Å². The number of para-hydroxylation sites is 1. The largest absolute Gasteiger partial charge is 0.416 e. The lowest BCUT2D eigenvalue weighted by molar-refractivity contribution is -0.137. The van der Waals surface area contributed by atoms with Gasteiger partial charge in [0, 0.05) is 68.4 Å². The number of allylic oxidation sites excluding steroid dienone is 1. The number of halogens is 3. The molecule has 0 radical (unpaired) electrons. The first-order chi connectivity index (χ1) is 26.5. The third-order valence-electron chi connectivity index (χ3n) is 10.6. The van der Waals surface area contributed by atoms with E-state index in [1.807, 2.05) is 74.5 Å². The minimum atomic E-state index is -4.65. The van der Waals surface area contributed by atoms with E-state index in [9.17, 15) is 27.6 Å². The van der Waals surface area contributed by atoms with Crippen LogP contribution in [0, 0.1) is 0 Å². The van der Waals surface area contributed by atoms with Crippen LogP contribution in [0.5, 0.6) is 0 Å². The Kier molecular flexibility index (Phi) is 11.2. The summed E-state index contributed by atoms with van der Waals surface area (Å²) in [5.41, 5.74) is 2.30. The predicted molar refractivity (Wildman–Crippen MR) is 201 cm³/mol. The highest BCUT2D eigenvalue weighted by Crippen LogP contribution is 2.42. The number of rotatable bonds is 11. The smallest absolute Gasteiger partial charge is 0.378 e. The summed E-state index contributed by atoms with van der Waals surface area (Å²) in [6.45, 7) is 9.84. The maximum atomic E-state index is 14.4. The SMILES string of the molecule is C/C=C(\CN1CCN(C2COC2)CC1)C(=O)NCc1cccc([C@@H]2c3cnn(-c4ccccc4)c3N(CC)C(=O)[C@H]2NC(=O)c2cccc(C(F)(F)F)c2)c1. The maximum absolute atomic E-state index is 14.4. The highest BCUT2D eigenvalue weighted by atomic mass is 19.4. The van der Waals surface area contributed by atoms with Crippen molar-refractivity contribution in [3.8, 4) is 5.69 Å². The second kappa shape index (κ2) is 16.2. The number of benzene rings is 3. The molecule has 3 aliphatic rings. The van der Waals surface area contributed by atoms with Crippen LogP contribution < -0.4 is 15.5 Å². The summed E-state index contributed by atoms with van der Waals surface area (Å²) in [5.74, 6) is -1.65. The molecule has 1 aromatic heterocycles. The zero-order valence-electron chi connectivity index (χ0n) is 30.8. The van der Waals surface area contributed by atoms with Gasteiger partial charge in [-0.15, -0.1) is 0 Å². The highest BCUT2D eigenvalue weighted by Gasteiger charge is 2.44. The number of alkyl halides is 3. The summed E-state index contributed by atoms with van der Waals surface area (Å²) in [6, 6.07) is 20.2. The molecule has 14 heteroatoms. The molecular weight excluding hydrogens is 711 g/mol. The predicted octanol–water partition coefficient (Wildman–Crippen LogP) is 4.77. The number of ether oxygens (including phenoxy) is 1. The van der Waals surface area contributed by atoms with Crippen LogP contribution in [-0.2, 0) is 27.0 Å². The third-order valence-corrected chi connectivity index (χ3v) is 10.6. The number of carbonyl (C=O) groups is 3. The van der Waals surface area contributed by atoms with Crippen LogP contribution in [-0.4, -0.2) is 102 Å². The van der Waals surface area contributed by atoms with Gasteiger partial charge in [-0.1, -0.05) is 54.6 Å². The number of amides is 3. The number of anilines is 1. The number of fused-ring (bicyclic) bond motifs is 1. The molecule has 0 aliphatic carbocycles. The summed E-state index contributed by atoms with van der Waals surface area (Å²) < 4.78 is 47.7. The quantitative estimate of drug-likeness (QED) is 0.213. The lowest BCUT2D eigenvalue weighted by Crippen LogP contribution is -2.56. The standard InChI is InChI=1S/C41H44F3N7O4/c1-3-28(24-48-16-18-49(19-17-48)33-25-55-26-33)37(52)45-22-27-10-8-11-29(20-27)35-34-23-46-51(32-14-6-5-7-15-32)39(34)50(4-2)40(54)36(35)47-38(53)30-12-9-13-31(21-30)41(42,43)44/h3,5-15,20-21,23,33,35-36H,4,16-19,22,24-26H2,1-2H3,(H,45,52)(H,47,53)/b28-3+/t35-,36+/m1/s1. The molecule has 11 nitrogen and oxygen atoms in total. The number of likely N-dealkylation sites (N-methyl/N-ethyl adjacent to an activating group) is 1. The van der Waals surface area contributed by atoms with Gasteiger partial charge in [0.15, 0.2) is 0 Å². The Labute approximate surface area is 317 Å². The molecule has 3 aliphatic heterocycles. The molecule has 7 rings (SSSR count). The first-order valence-electron chi connectivity index (χ1n) is 18.5. The van der Waals surface area contributed by atoms with Gasteiger partial charge in [-0.25, -0.2) is 4.68 Å². The van der Waals surface area contributed by atoms with Gasteiger partial charge < -0.3 is 15.4 Å². The molecule has 2 saturated heterocycles. The van der Waals surface area contributed by atoms with E-state index in [-0.39, 0.29) is 24.6 Å². The highest BCUT2D eigenvalue weighted by molar-refractivity contribution is 6.05. The number of hydrogen-bond acceptors (Lipinski definition) is 7. The molecule has 4 heterocycles. The molecule has 4 aromatic rings. The van der Waals surface area contributed by atoms with E-state index in [1.165, 1.54) is 17.0 Å². The second-order valence-electron chi connectivity index (χ2n) is 14.0. The molecule has 0 spiro atoms. The zero-order valence-corrected chi connectivity index (χ0v) is 30.8. The Morgan fingerprint density at radius 3 is 2.38 bits per heavy atom. The van der Waals surface area contributed by atoms with Crippen molar-refractivity contribution in [1.82, 2.24) is 30.2 Å². The molecule has 55 heavy (non-hydrogen) atoms. The van der Waals surface area contributed by atoms with E-state index >= 15 is 0 Å². The van der Waals surface area contributed by atoms with Crippen molar-refractivity contribution in [2.24, 2.45) is 0 Å². The number of aromatic nitrogens is 2. The van der Waals surface area contributed by atoms with Crippen LogP contribution in [0.25, 0.3) is 5.69 Å². The Bertz CT molecular complexity index is 2060. The van der Waals surface area contributed by atoms with Crippen LogP contribution in [0.15, 0.2) is 96.7 Å². The van der Waals surface area contributed by atoms with E-state index in [1.54, 1.807) is 10.9 Å². The van der Waals surface area contributed by atoms with E-state index in [0.29, 0.717) is 35.1 Å². The minimum Gasteiger partial charge on any atom is -0.378 e. The van der Waals surface area contributed by atoms with Crippen LogP contribution in [0.1, 0.15) is 52.4 Å². The Morgan fingerprint density at radius 2 is 1.71 bits per heavy atom. The van der Waals surface area contributed by atoms with E-state index in [0.717, 1.165) is 62.8 Å². The van der Waals surface area contributed by atoms with Gasteiger partial charge >= 0.3 is 6.18 Å². The number of piperazine rings is 1. The van der Waals surface area contributed by atoms with Crippen LogP contribution >= 0.6 is 0 Å². The third kappa shape index (κ3) is 8.07. The lowest BCUT2D eigenvalue weighted by Gasteiger charge is -2.42. The Morgan fingerprint density at radius 1 is 0.964 bits per heavy atom. The van der Waals surface area contributed by atoms with E-state index < -0.39 is 35.5 Å². The zero-order chi connectivity index (χ0) is 38.7. The molecule has 2 fully saturated rings. The average Bonchev–Trinajstić information content (AvgIpc) is 3.61. The summed E-state index contributed by atoms with van der Waals surface area (Å²) in [6.07, 6.45) is -1.14. The van der Waals surface area contributed by atoms with E-state index in [2.05, 4.69) is 25.5 Å². The van der Waals surface area contributed by atoms with Crippen molar-refractivity contribution < 1.29 is 32.3 Å². The fourth-order valence-electron chi connectivity index (χ4n) is 7.53. The van der Waals surface area contributed by atoms with Crippen molar-refractivity contribution in [1.29, 1.82) is 0 Å². The van der Waals surface area contributed by atoms with Gasteiger partial charge in [-0.2, -0.15) is 18.3 Å².